The number of pyridine rings is 1. The first-order valence-corrected chi connectivity index (χ1v) is 10.1. The van der Waals surface area contributed by atoms with Crippen LogP contribution in [0.3, 0.4) is 0 Å². The van der Waals surface area contributed by atoms with E-state index in [-0.39, 0.29) is 6.04 Å². The molecule has 4 rings (SSSR count). The monoisotopic (exact) mass is 398 g/mol. The van der Waals surface area contributed by atoms with Crippen LogP contribution in [0.1, 0.15) is 24.1 Å². The Morgan fingerprint density at radius 1 is 0.900 bits per heavy atom. The average molecular weight is 399 g/mol. The van der Waals surface area contributed by atoms with Crippen molar-refractivity contribution in [1.29, 1.82) is 0 Å². The molecule has 1 N–H and O–H groups in total. The molecule has 1 atom stereocenters. The maximum absolute atomic E-state index is 5.63. The second-order valence-electron chi connectivity index (χ2n) is 7.32. The van der Waals surface area contributed by atoms with Gasteiger partial charge in [0.05, 0.1) is 19.7 Å². The summed E-state index contributed by atoms with van der Waals surface area (Å²) in [6, 6.07) is 25.1. The van der Waals surface area contributed by atoms with Gasteiger partial charge in [-0.3, -0.25) is 4.98 Å². The van der Waals surface area contributed by atoms with Crippen LogP contribution in [0.15, 0.2) is 79.0 Å². The maximum atomic E-state index is 5.63. The van der Waals surface area contributed by atoms with E-state index in [4.69, 9.17) is 9.47 Å². The topological polar surface area (TPSA) is 43.4 Å². The highest BCUT2D eigenvalue weighted by molar-refractivity contribution is 5.85. The van der Waals surface area contributed by atoms with E-state index >= 15 is 0 Å². The van der Waals surface area contributed by atoms with Gasteiger partial charge in [-0.25, -0.2) is 0 Å². The highest BCUT2D eigenvalue weighted by atomic mass is 16.5. The summed E-state index contributed by atoms with van der Waals surface area (Å²) in [6.07, 6.45) is 1.82. The zero-order chi connectivity index (χ0) is 20.9. The minimum absolute atomic E-state index is 0.204. The van der Waals surface area contributed by atoms with Crippen LogP contribution < -0.4 is 14.8 Å². The predicted octanol–water partition coefficient (Wildman–Crippen LogP) is 5.77. The average Bonchev–Trinajstić information content (AvgIpc) is 2.82. The summed E-state index contributed by atoms with van der Waals surface area (Å²) >= 11 is 0. The molecular formula is C26H26N2O2. The van der Waals surface area contributed by atoms with E-state index in [2.05, 4.69) is 65.8 Å². The van der Waals surface area contributed by atoms with E-state index in [1.807, 2.05) is 30.5 Å². The minimum Gasteiger partial charge on any atom is -0.497 e. The lowest BCUT2D eigenvalue weighted by Gasteiger charge is -2.17. The number of hydrogen-bond acceptors (Lipinski definition) is 4. The van der Waals surface area contributed by atoms with Crippen molar-refractivity contribution in [2.75, 3.05) is 14.2 Å². The largest absolute Gasteiger partial charge is 0.497 e. The lowest BCUT2D eigenvalue weighted by atomic mass is 10.00. The third-order valence-corrected chi connectivity index (χ3v) is 5.39. The van der Waals surface area contributed by atoms with Crippen molar-refractivity contribution < 1.29 is 9.47 Å². The maximum Gasteiger partial charge on any atom is 0.126 e. The Bertz CT molecular complexity index is 1160. The van der Waals surface area contributed by atoms with Gasteiger partial charge in [-0.15, -0.1) is 0 Å². The molecule has 152 valence electrons. The van der Waals surface area contributed by atoms with Crippen LogP contribution in [0.25, 0.3) is 22.0 Å². The van der Waals surface area contributed by atoms with E-state index in [1.54, 1.807) is 14.2 Å². The van der Waals surface area contributed by atoms with Gasteiger partial charge in [0.25, 0.3) is 0 Å². The van der Waals surface area contributed by atoms with Crippen molar-refractivity contribution in [2.45, 2.75) is 19.5 Å². The molecule has 0 spiro atoms. The van der Waals surface area contributed by atoms with Crippen LogP contribution in [0.5, 0.6) is 11.5 Å². The normalized spacial score (nSPS) is 12.0. The molecule has 0 aliphatic carbocycles. The quantitative estimate of drug-likeness (QED) is 0.429. The molecule has 3 aromatic carbocycles. The third-order valence-electron chi connectivity index (χ3n) is 5.39. The number of rotatable bonds is 7. The van der Waals surface area contributed by atoms with Gasteiger partial charge in [-0.1, -0.05) is 36.4 Å². The summed E-state index contributed by atoms with van der Waals surface area (Å²) in [5.41, 5.74) is 5.54. The Labute approximate surface area is 177 Å². The van der Waals surface area contributed by atoms with Crippen molar-refractivity contribution in [3.63, 3.8) is 0 Å². The Morgan fingerprint density at radius 3 is 2.63 bits per heavy atom. The molecule has 0 amide bonds. The molecule has 4 heteroatoms. The van der Waals surface area contributed by atoms with Crippen LogP contribution in [0, 0.1) is 0 Å². The summed E-state index contributed by atoms with van der Waals surface area (Å²) in [7, 11) is 3.40. The molecule has 0 radical (unpaired) electrons. The van der Waals surface area contributed by atoms with Gasteiger partial charge in [0.2, 0.25) is 0 Å². The number of methoxy groups -OCH3 is 2. The van der Waals surface area contributed by atoms with Crippen LogP contribution in [-0.2, 0) is 6.54 Å². The third kappa shape index (κ3) is 4.29. The number of nitrogens with zero attached hydrogens (tertiary/aromatic N) is 1. The van der Waals surface area contributed by atoms with Gasteiger partial charge >= 0.3 is 0 Å². The number of aromatic nitrogens is 1. The summed E-state index contributed by atoms with van der Waals surface area (Å²) < 4.78 is 11.0. The Kier molecular flexibility index (Phi) is 5.96. The molecule has 0 bridgehead atoms. The molecular weight excluding hydrogens is 372 g/mol. The summed E-state index contributed by atoms with van der Waals surface area (Å²) in [5.74, 6) is 1.73. The number of nitrogens with one attached hydrogen (secondary N) is 1. The van der Waals surface area contributed by atoms with E-state index in [9.17, 15) is 0 Å². The molecule has 4 nitrogen and oxygen atoms in total. The van der Waals surface area contributed by atoms with Gasteiger partial charge in [0.1, 0.15) is 11.5 Å². The summed E-state index contributed by atoms with van der Waals surface area (Å²) in [5, 5.41) is 4.73. The molecule has 4 aromatic rings. The van der Waals surface area contributed by atoms with Crippen molar-refractivity contribution >= 4 is 10.9 Å². The highest BCUT2D eigenvalue weighted by Crippen LogP contribution is 2.32. The SMILES string of the molecule is COc1cccc([C@@H](C)NCc2ccc(OC)c(-c3ccc4cccnc4c3)c2)c1. The van der Waals surface area contributed by atoms with E-state index in [0.29, 0.717) is 0 Å². The second-order valence-corrected chi connectivity index (χ2v) is 7.32. The van der Waals surface area contributed by atoms with E-state index < -0.39 is 0 Å². The van der Waals surface area contributed by atoms with Gasteiger partial charge in [0, 0.05) is 29.7 Å². The van der Waals surface area contributed by atoms with Crippen molar-refractivity contribution in [3.05, 3.63) is 90.1 Å². The molecule has 30 heavy (non-hydrogen) atoms. The molecule has 1 heterocycles. The first-order valence-electron chi connectivity index (χ1n) is 10.1. The van der Waals surface area contributed by atoms with Crippen LogP contribution in [-0.4, -0.2) is 19.2 Å². The van der Waals surface area contributed by atoms with Gasteiger partial charge < -0.3 is 14.8 Å². The molecule has 0 saturated carbocycles. The number of hydrogen-bond donors (Lipinski definition) is 1. The Morgan fingerprint density at radius 2 is 1.80 bits per heavy atom. The fourth-order valence-electron chi connectivity index (χ4n) is 3.62. The lowest BCUT2D eigenvalue weighted by Crippen LogP contribution is -2.18. The molecule has 0 unspecified atom stereocenters. The van der Waals surface area contributed by atoms with Crippen molar-refractivity contribution in [3.8, 4) is 22.6 Å². The van der Waals surface area contributed by atoms with Crippen molar-refractivity contribution in [1.82, 2.24) is 10.3 Å². The van der Waals surface area contributed by atoms with E-state index in [0.717, 1.165) is 40.1 Å². The fraction of sp³-hybridized carbons (Fsp3) is 0.192. The number of fused-ring (bicyclic) bond motifs is 1. The highest BCUT2D eigenvalue weighted by Gasteiger charge is 2.10. The van der Waals surface area contributed by atoms with Gasteiger partial charge in [-0.2, -0.15) is 0 Å². The summed E-state index contributed by atoms with van der Waals surface area (Å²) in [6.45, 7) is 2.91. The van der Waals surface area contributed by atoms with Crippen LogP contribution in [0.2, 0.25) is 0 Å². The van der Waals surface area contributed by atoms with Crippen molar-refractivity contribution in [2.24, 2.45) is 0 Å². The zero-order valence-electron chi connectivity index (χ0n) is 17.6. The smallest absolute Gasteiger partial charge is 0.126 e. The Hall–Kier alpha value is -3.37. The van der Waals surface area contributed by atoms with Gasteiger partial charge in [-0.05, 0) is 60.0 Å². The first kappa shape index (κ1) is 19.9. The minimum atomic E-state index is 0.204. The molecule has 0 aliphatic heterocycles. The molecule has 0 aliphatic rings. The fourth-order valence-corrected chi connectivity index (χ4v) is 3.62. The Balaban J connectivity index is 1.57. The van der Waals surface area contributed by atoms with E-state index in [1.165, 1.54) is 11.1 Å². The lowest BCUT2D eigenvalue weighted by molar-refractivity contribution is 0.413. The molecule has 0 fully saturated rings. The molecule has 1 aromatic heterocycles. The van der Waals surface area contributed by atoms with Gasteiger partial charge in [0.15, 0.2) is 0 Å². The van der Waals surface area contributed by atoms with Crippen LogP contribution >= 0.6 is 0 Å². The molecule has 0 saturated heterocycles. The number of benzene rings is 3. The predicted molar refractivity (Wildman–Crippen MR) is 122 cm³/mol. The zero-order valence-corrected chi connectivity index (χ0v) is 17.6. The van der Waals surface area contributed by atoms with Crippen LogP contribution in [0.4, 0.5) is 0 Å². The standard InChI is InChI=1S/C26H26N2O2/c1-18(21-6-4-8-23(15-21)29-2)28-17-19-9-12-26(30-3)24(14-19)22-11-10-20-7-5-13-27-25(20)16-22/h4-16,18,28H,17H2,1-3H3/t18-/m1/s1. The summed E-state index contributed by atoms with van der Waals surface area (Å²) in [4.78, 5) is 4.49. The first-order chi connectivity index (χ1) is 14.7. The second kappa shape index (κ2) is 8.97. The number of ether oxygens (including phenoxy) is 2.